The molecule has 0 aliphatic rings. The van der Waals surface area contributed by atoms with Gasteiger partial charge in [0.25, 0.3) is 0 Å². The summed E-state index contributed by atoms with van der Waals surface area (Å²) >= 11 is 0. The van der Waals surface area contributed by atoms with Gasteiger partial charge in [-0.05, 0) is 18.9 Å². The lowest BCUT2D eigenvalue weighted by molar-refractivity contribution is 0.425. The first-order chi connectivity index (χ1) is 6.74. The second kappa shape index (κ2) is 5.78. The molecule has 0 radical (unpaired) electrons. The van der Waals surface area contributed by atoms with E-state index >= 15 is 0 Å². The minimum atomic E-state index is -1.41. The first-order valence-electron chi connectivity index (χ1n) is 5.05. The van der Waals surface area contributed by atoms with Gasteiger partial charge in [-0.2, -0.15) is 0 Å². The van der Waals surface area contributed by atoms with Crippen molar-refractivity contribution < 1.29 is 10.0 Å². The molecule has 0 aromatic carbocycles. The molecule has 3 nitrogen and oxygen atoms in total. The minimum Gasteiger partial charge on any atom is -0.423 e. The molecule has 0 spiro atoms. The lowest BCUT2D eigenvalue weighted by atomic mass is 9.81. The highest BCUT2D eigenvalue weighted by atomic mass is 16.4. The molecule has 0 aliphatic heterocycles. The zero-order chi connectivity index (χ0) is 10.4. The lowest BCUT2D eigenvalue weighted by Gasteiger charge is -2.01. The number of hydrogen-bond donors (Lipinski definition) is 2. The molecule has 2 N–H and O–H groups in total. The fourth-order valence-corrected chi connectivity index (χ4v) is 1.29. The van der Waals surface area contributed by atoms with Crippen LogP contribution in [-0.4, -0.2) is 22.2 Å². The molecule has 0 fully saturated rings. The van der Waals surface area contributed by atoms with Crippen molar-refractivity contribution in [3.8, 4) is 0 Å². The summed E-state index contributed by atoms with van der Waals surface area (Å²) in [6.45, 7) is 2.17. The summed E-state index contributed by atoms with van der Waals surface area (Å²) in [6, 6.07) is 3.56. The van der Waals surface area contributed by atoms with Gasteiger partial charge < -0.3 is 10.0 Å². The Morgan fingerprint density at radius 3 is 2.57 bits per heavy atom. The van der Waals surface area contributed by atoms with E-state index in [9.17, 15) is 0 Å². The molecular formula is C10H16BNO2. The molecule has 0 unspecified atom stereocenters. The third-order valence-electron chi connectivity index (χ3n) is 2.18. The molecule has 0 bridgehead atoms. The van der Waals surface area contributed by atoms with Gasteiger partial charge in [0.1, 0.15) is 0 Å². The highest BCUT2D eigenvalue weighted by Crippen LogP contribution is 2.02. The van der Waals surface area contributed by atoms with Gasteiger partial charge in [0.15, 0.2) is 0 Å². The molecule has 0 atom stereocenters. The van der Waals surface area contributed by atoms with Gasteiger partial charge in [0.05, 0.1) is 0 Å². The topological polar surface area (TPSA) is 53.4 Å². The maximum absolute atomic E-state index is 8.84. The number of unbranched alkanes of at least 4 members (excludes halogenated alkanes) is 2. The van der Waals surface area contributed by atoms with Gasteiger partial charge in [0.2, 0.25) is 0 Å². The number of aromatic nitrogens is 1. The Morgan fingerprint density at radius 2 is 2.07 bits per heavy atom. The van der Waals surface area contributed by atoms with E-state index in [4.69, 9.17) is 10.0 Å². The van der Waals surface area contributed by atoms with Crippen LogP contribution in [0.25, 0.3) is 0 Å². The highest BCUT2D eigenvalue weighted by Gasteiger charge is 2.10. The van der Waals surface area contributed by atoms with Crippen molar-refractivity contribution in [3.63, 3.8) is 0 Å². The fourth-order valence-electron chi connectivity index (χ4n) is 1.29. The molecule has 1 aromatic rings. The first kappa shape index (κ1) is 11.2. The van der Waals surface area contributed by atoms with Crippen LogP contribution in [0.15, 0.2) is 18.3 Å². The Hall–Kier alpha value is -0.865. The molecular weight excluding hydrogens is 177 g/mol. The SMILES string of the molecule is CCCCCc1ccc(B(O)O)cn1. The predicted octanol–water partition coefficient (Wildman–Crippen LogP) is 0.494. The zero-order valence-electron chi connectivity index (χ0n) is 8.48. The van der Waals surface area contributed by atoms with Crippen LogP contribution in [0.1, 0.15) is 31.9 Å². The van der Waals surface area contributed by atoms with E-state index in [1.165, 1.54) is 19.0 Å². The highest BCUT2D eigenvalue weighted by molar-refractivity contribution is 6.58. The third-order valence-corrected chi connectivity index (χ3v) is 2.18. The van der Waals surface area contributed by atoms with Crippen molar-refractivity contribution in [2.45, 2.75) is 32.6 Å². The van der Waals surface area contributed by atoms with Crippen molar-refractivity contribution in [2.75, 3.05) is 0 Å². The number of pyridine rings is 1. The number of nitrogens with zero attached hydrogens (tertiary/aromatic N) is 1. The summed E-state index contributed by atoms with van der Waals surface area (Å²) in [5.41, 5.74) is 1.46. The van der Waals surface area contributed by atoms with E-state index in [0.717, 1.165) is 18.5 Å². The Kier molecular flexibility index (Phi) is 4.63. The average Bonchev–Trinajstić information content (AvgIpc) is 2.19. The van der Waals surface area contributed by atoms with Crippen LogP contribution >= 0.6 is 0 Å². The van der Waals surface area contributed by atoms with Crippen LogP contribution in [0.4, 0.5) is 0 Å². The quantitative estimate of drug-likeness (QED) is 0.528. The summed E-state index contributed by atoms with van der Waals surface area (Å²) in [5, 5.41) is 17.7. The van der Waals surface area contributed by atoms with Crippen LogP contribution in [0.2, 0.25) is 0 Å². The van der Waals surface area contributed by atoms with E-state index < -0.39 is 7.12 Å². The Balaban J connectivity index is 2.47. The van der Waals surface area contributed by atoms with Gasteiger partial charge >= 0.3 is 7.12 Å². The van der Waals surface area contributed by atoms with E-state index in [-0.39, 0.29) is 0 Å². The summed E-state index contributed by atoms with van der Waals surface area (Å²) in [7, 11) is -1.41. The van der Waals surface area contributed by atoms with Crippen molar-refractivity contribution in [3.05, 3.63) is 24.0 Å². The van der Waals surface area contributed by atoms with E-state index in [0.29, 0.717) is 5.46 Å². The lowest BCUT2D eigenvalue weighted by Crippen LogP contribution is -2.30. The van der Waals surface area contributed by atoms with Crippen LogP contribution in [0.5, 0.6) is 0 Å². The van der Waals surface area contributed by atoms with Gasteiger partial charge in [-0.15, -0.1) is 0 Å². The van der Waals surface area contributed by atoms with Gasteiger partial charge in [-0.3, -0.25) is 4.98 Å². The van der Waals surface area contributed by atoms with Crippen LogP contribution in [0.3, 0.4) is 0 Å². The second-order valence-corrected chi connectivity index (χ2v) is 3.41. The molecule has 1 rings (SSSR count). The van der Waals surface area contributed by atoms with Crippen molar-refractivity contribution >= 4 is 12.6 Å². The van der Waals surface area contributed by atoms with Gasteiger partial charge in [-0.25, -0.2) is 0 Å². The standard InChI is InChI=1S/C10H16BNO2/c1-2-3-4-5-10-7-6-9(8-12-10)11(13)14/h6-8,13-14H,2-5H2,1H3. The van der Waals surface area contributed by atoms with Crippen LogP contribution in [-0.2, 0) is 6.42 Å². The second-order valence-electron chi connectivity index (χ2n) is 3.41. The molecule has 1 aromatic heterocycles. The van der Waals surface area contributed by atoms with Gasteiger partial charge in [0, 0.05) is 17.4 Å². The zero-order valence-corrected chi connectivity index (χ0v) is 8.48. The summed E-state index contributed by atoms with van der Waals surface area (Å²) in [4.78, 5) is 4.15. The monoisotopic (exact) mass is 193 g/mol. The summed E-state index contributed by atoms with van der Waals surface area (Å²) < 4.78 is 0. The maximum atomic E-state index is 8.84. The Morgan fingerprint density at radius 1 is 1.29 bits per heavy atom. The molecule has 0 aliphatic carbocycles. The Bertz CT molecular complexity index is 261. The molecule has 4 heteroatoms. The Labute approximate surface area is 85.0 Å². The number of rotatable bonds is 5. The molecule has 1 heterocycles. The number of aryl methyl sites for hydroxylation is 1. The van der Waals surface area contributed by atoms with Crippen LogP contribution < -0.4 is 5.46 Å². The molecule has 14 heavy (non-hydrogen) atoms. The minimum absolute atomic E-state index is 0.448. The van der Waals surface area contributed by atoms with Crippen molar-refractivity contribution in [1.29, 1.82) is 0 Å². The molecule has 0 saturated heterocycles. The van der Waals surface area contributed by atoms with Crippen molar-refractivity contribution in [1.82, 2.24) is 4.98 Å². The normalized spacial score (nSPS) is 10.2. The predicted molar refractivity (Wildman–Crippen MR) is 57.3 cm³/mol. The molecule has 0 amide bonds. The maximum Gasteiger partial charge on any atom is 0.490 e. The first-order valence-corrected chi connectivity index (χ1v) is 5.05. The van der Waals surface area contributed by atoms with E-state index in [2.05, 4.69) is 11.9 Å². The van der Waals surface area contributed by atoms with E-state index in [1.54, 1.807) is 6.07 Å². The van der Waals surface area contributed by atoms with Gasteiger partial charge in [-0.1, -0.05) is 25.8 Å². The molecule has 0 saturated carbocycles. The smallest absolute Gasteiger partial charge is 0.423 e. The average molecular weight is 193 g/mol. The summed E-state index contributed by atoms with van der Waals surface area (Å²) in [6.07, 6.45) is 6.05. The number of hydrogen-bond acceptors (Lipinski definition) is 3. The van der Waals surface area contributed by atoms with E-state index in [1.807, 2.05) is 6.07 Å². The van der Waals surface area contributed by atoms with Crippen molar-refractivity contribution in [2.24, 2.45) is 0 Å². The van der Waals surface area contributed by atoms with Crippen LogP contribution in [0, 0.1) is 0 Å². The molecule has 76 valence electrons. The third kappa shape index (κ3) is 3.48. The summed E-state index contributed by atoms with van der Waals surface area (Å²) in [5.74, 6) is 0. The largest absolute Gasteiger partial charge is 0.490 e. The fraction of sp³-hybridized carbons (Fsp3) is 0.500.